The summed E-state index contributed by atoms with van der Waals surface area (Å²) >= 11 is 5.27. The molecule has 1 N–H and O–H groups in total. The predicted molar refractivity (Wildman–Crippen MR) is 72.6 cm³/mol. The summed E-state index contributed by atoms with van der Waals surface area (Å²) in [5.74, 6) is 0.933. The zero-order valence-corrected chi connectivity index (χ0v) is 11.2. The van der Waals surface area contributed by atoms with Crippen LogP contribution in [0.25, 0.3) is 11.4 Å². The Bertz CT molecular complexity index is 566. The van der Waals surface area contributed by atoms with E-state index >= 15 is 0 Å². The van der Waals surface area contributed by atoms with Crippen LogP contribution in [-0.4, -0.2) is 14.8 Å². The van der Waals surface area contributed by atoms with Crippen molar-refractivity contribution in [3.8, 4) is 11.4 Å². The van der Waals surface area contributed by atoms with E-state index in [0.29, 0.717) is 10.8 Å². The van der Waals surface area contributed by atoms with Crippen molar-refractivity contribution in [2.75, 3.05) is 0 Å². The molecule has 0 aliphatic rings. The topological polar surface area (TPSA) is 33.6 Å². The second-order valence-electron chi connectivity index (χ2n) is 4.33. The van der Waals surface area contributed by atoms with Crippen LogP contribution in [0.5, 0.6) is 0 Å². The second kappa shape index (κ2) is 4.84. The highest BCUT2D eigenvalue weighted by molar-refractivity contribution is 7.71. The third-order valence-electron chi connectivity index (χ3n) is 2.86. The molecular weight excluding hydrogens is 230 g/mol. The van der Waals surface area contributed by atoms with E-state index in [1.807, 2.05) is 6.07 Å². The quantitative estimate of drug-likeness (QED) is 0.838. The number of nitrogens with zero attached hydrogens (tertiary/aromatic N) is 2. The molecule has 3 nitrogen and oxygen atoms in total. The molecule has 0 radical (unpaired) electrons. The number of aromatic amines is 1. The zero-order chi connectivity index (χ0) is 12.4. The van der Waals surface area contributed by atoms with Crippen molar-refractivity contribution in [3.05, 3.63) is 34.6 Å². The second-order valence-corrected chi connectivity index (χ2v) is 4.71. The molecule has 1 aromatic heterocycles. The lowest BCUT2D eigenvalue weighted by Crippen LogP contribution is -2.04. The van der Waals surface area contributed by atoms with Gasteiger partial charge in [-0.2, -0.15) is 5.10 Å². The number of hydrogen-bond acceptors (Lipinski definition) is 2. The molecule has 0 fully saturated rings. The molecular formula is C13H17N3S. The maximum Gasteiger partial charge on any atom is 0.195 e. The van der Waals surface area contributed by atoms with E-state index in [9.17, 15) is 0 Å². The van der Waals surface area contributed by atoms with Gasteiger partial charge in [-0.25, -0.2) is 0 Å². The molecule has 4 heteroatoms. The summed E-state index contributed by atoms with van der Waals surface area (Å²) in [4.78, 5) is 0. The van der Waals surface area contributed by atoms with E-state index in [0.717, 1.165) is 17.8 Å². The first kappa shape index (κ1) is 12.0. The molecule has 0 aliphatic heterocycles. The van der Waals surface area contributed by atoms with Crippen LogP contribution in [0.15, 0.2) is 24.3 Å². The Balaban J connectivity index is 2.65. The Morgan fingerprint density at radius 2 is 2.06 bits per heavy atom. The van der Waals surface area contributed by atoms with Crippen LogP contribution in [0.4, 0.5) is 0 Å². The normalized spacial score (nSPS) is 11.1. The molecule has 0 saturated carbocycles. The van der Waals surface area contributed by atoms with E-state index < -0.39 is 0 Å². The fourth-order valence-electron chi connectivity index (χ4n) is 2.02. The van der Waals surface area contributed by atoms with E-state index in [1.54, 1.807) is 0 Å². The number of aromatic nitrogens is 3. The van der Waals surface area contributed by atoms with Crippen molar-refractivity contribution >= 4 is 12.2 Å². The highest BCUT2D eigenvalue weighted by atomic mass is 32.1. The van der Waals surface area contributed by atoms with Gasteiger partial charge in [0.25, 0.3) is 0 Å². The molecule has 0 bridgehead atoms. The van der Waals surface area contributed by atoms with Gasteiger partial charge >= 0.3 is 0 Å². The fraction of sp³-hybridized carbons (Fsp3) is 0.385. The molecule has 17 heavy (non-hydrogen) atoms. The first-order valence-electron chi connectivity index (χ1n) is 5.90. The summed E-state index contributed by atoms with van der Waals surface area (Å²) in [6, 6.07) is 8.64. The summed E-state index contributed by atoms with van der Waals surface area (Å²) in [6.45, 7) is 6.38. The molecule has 2 rings (SSSR count). The lowest BCUT2D eigenvalue weighted by molar-refractivity contribution is 0.596. The summed E-state index contributed by atoms with van der Waals surface area (Å²) in [6.07, 6.45) is 0.994. The highest BCUT2D eigenvalue weighted by Crippen LogP contribution is 2.24. The van der Waals surface area contributed by atoms with Crippen molar-refractivity contribution in [2.24, 2.45) is 0 Å². The minimum absolute atomic E-state index is 0.307. The zero-order valence-electron chi connectivity index (χ0n) is 10.4. The smallest absolute Gasteiger partial charge is 0.195 e. The first-order chi connectivity index (χ1) is 8.15. The Morgan fingerprint density at radius 3 is 2.71 bits per heavy atom. The Kier molecular flexibility index (Phi) is 3.43. The van der Waals surface area contributed by atoms with Gasteiger partial charge in [-0.05, 0) is 38.0 Å². The molecule has 2 aromatic rings. The summed E-state index contributed by atoms with van der Waals surface area (Å²) in [5, 5.41) is 7.25. The molecule has 0 atom stereocenters. The van der Waals surface area contributed by atoms with Crippen LogP contribution in [0.2, 0.25) is 0 Å². The number of rotatable bonds is 3. The largest absolute Gasteiger partial charge is 0.298 e. The molecule has 0 unspecified atom stereocenters. The van der Waals surface area contributed by atoms with E-state index in [1.165, 1.54) is 5.56 Å². The van der Waals surface area contributed by atoms with Crippen LogP contribution in [0.1, 0.15) is 32.4 Å². The molecule has 0 amide bonds. The number of nitrogens with one attached hydrogen (secondary N) is 1. The van der Waals surface area contributed by atoms with Gasteiger partial charge in [0.1, 0.15) is 0 Å². The van der Waals surface area contributed by atoms with E-state index in [-0.39, 0.29) is 0 Å². The third-order valence-corrected chi connectivity index (χ3v) is 3.15. The van der Waals surface area contributed by atoms with Gasteiger partial charge in [-0.15, -0.1) is 0 Å². The number of hydrogen-bond donors (Lipinski definition) is 1. The number of aryl methyl sites for hydroxylation is 1. The van der Waals surface area contributed by atoms with E-state index in [2.05, 4.69) is 53.7 Å². The summed E-state index contributed by atoms with van der Waals surface area (Å²) in [7, 11) is 0. The fourth-order valence-corrected chi connectivity index (χ4v) is 2.36. The molecule has 1 heterocycles. The van der Waals surface area contributed by atoms with Gasteiger partial charge in [0.15, 0.2) is 10.6 Å². The number of H-pyrrole nitrogens is 1. The maximum absolute atomic E-state index is 5.27. The molecule has 0 spiro atoms. The Morgan fingerprint density at radius 1 is 1.35 bits per heavy atom. The predicted octanol–water partition coefficient (Wildman–Crippen LogP) is 3.75. The third kappa shape index (κ3) is 2.17. The molecule has 1 aromatic carbocycles. The lowest BCUT2D eigenvalue weighted by Gasteiger charge is -2.12. The lowest BCUT2D eigenvalue weighted by atomic mass is 10.0. The van der Waals surface area contributed by atoms with Gasteiger partial charge in [-0.1, -0.05) is 31.2 Å². The van der Waals surface area contributed by atoms with Gasteiger partial charge in [0.2, 0.25) is 0 Å². The SMILES string of the molecule is CCc1ccccc1-c1n[nH]c(=S)n1C(C)C. The van der Waals surface area contributed by atoms with Gasteiger partial charge in [0, 0.05) is 11.6 Å². The van der Waals surface area contributed by atoms with E-state index in [4.69, 9.17) is 12.2 Å². The minimum atomic E-state index is 0.307. The molecule has 90 valence electrons. The van der Waals surface area contributed by atoms with Crippen molar-refractivity contribution in [1.29, 1.82) is 0 Å². The van der Waals surface area contributed by atoms with Crippen LogP contribution in [-0.2, 0) is 6.42 Å². The van der Waals surface area contributed by atoms with Gasteiger partial charge in [0.05, 0.1) is 0 Å². The first-order valence-corrected chi connectivity index (χ1v) is 6.31. The van der Waals surface area contributed by atoms with Gasteiger partial charge in [-0.3, -0.25) is 9.67 Å². The Labute approximate surface area is 106 Å². The highest BCUT2D eigenvalue weighted by Gasteiger charge is 2.13. The van der Waals surface area contributed by atoms with Crippen molar-refractivity contribution < 1.29 is 0 Å². The van der Waals surface area contributed by atoms with Crippen LogP contribution >= 0.6 is 12.2 Å². The average molecular weight is 247 g/mol. The standard InChI is InChI=1S/C13H17N3S/c1-4-10-7-5-6-8-11(10)12-14-15-13(17)16(12)9(2)3/h5-9H,4H2,1-3H3,(H,15,17). The maximum atomic E-state index is 5.27. The average Bonchev–Trinajstić information content (AvgIpc) is 2.71. The molecule has 0 aliphatic carbocycles. The minimum Gasteiger partial charge on any atom is -0.298 e. The van der Waals surface area contributed by atoms with Crippen molar-refractivity contribution in [3.63, 3.8) is 0 Å². The van der Waals surface area contributed by atoms with Crippen LogP contribution in [0.3, 0.4) is 0 Å². The number of benzene rings is 1. The summed E-state index contributed by atoms with van der Waals surface area (Å²) in [5.41, 5.74) is 2.46. The van der Waals surface area contributed by atoms with Crippen LogP contribution in [0, 0.1) is 4.77 Å². The van der Waals surface area contributed by atoms with Crippen molar-refractivity contribution in [1.82, 2.24) is 14.8 Å². The summed E-state index contributed by atoms with van der Waals surface area (Å²) < 4.78 is 2.74. The molecule has 0 saturated heterocycles. The Hall–Kier alpha value is -1.42. The van der Waals surface area contributed by atoms with Gasteiger partial charge < -0.3 is 0 Å². The monoisotopic (exact) mass is 247 g/mol. The van der Waals surface area contributed by atoms with Crippen molar-refractivity contribution in [2.45, 2.75) is 33.2 Å². The van der Waals surface area contributed by atoms with Crippen LogP contribution < -0.4 is 0 Å².